The predicted octanol–water partition coefficient (Wildman–Crippen LogP) is 5.90. The molecule has 0 saturated carbocycles. The second kappa shape index (κ2) is 10.1. The largest absolute Gasteiger partial charge is 0.0654 e. The highest BCUT2D eigenvalue weighted by atomic mass is 14.1. The third-order valence-corrected chi connectivity index (χ3v) is 3.87. The average Bonchev–Trinajstić information content (AvgIpc) is 2.42. The lowest BCUT2D eigenvalue weighted by atomic mass is 9.91. The summed E-state index contributed by atoms with van der Waals surface area (Å²) >= 11 is 0. The summed E-state index contributed by atoms with van der Waals surface area (Å²) in [4.78, 5) is 0. The molecule has 0 spiro atoms. The normalized spacial score (nSPS) is 10.9. The second-order valence-electron chi connectivity index (χ2n) is 5.62. The third-order valence-electron chi connectivity index (χ3n) is 3.87. The molecule has 0 amide bonds. The molecule has 107 valence electrons. The van der Waals surface area contributed by atoms with Crippen LogP contribution in [-0.2, 0) is 19.3 Å². The molecule has 0 aliphatic heterocycles. The number of unbranched alkanes of at least 4 members (excludes halogenated alkanes) is 4. The highest BCUT2D eigenvalue weighted by Crippen LogP contribution is 2.21. The highest BCUT2D eigenvalue weighted by Gasteiger charge is 2.07. The van der Waals surface area contributed by atoms with Gasteiger partial charge < -0.3 is 0 Å². The van der Waals surface area contributed by atoms with E-state index >= 15 is 0 Å². The molecule has 0 atom stereocenters. The molecule has 0 heterocycles. The standard InChI is InChI=1S/C19H31/c1-4-7-9-13-18-15-11-14-17(12-6-3)19(18)16-10-8-5-2/h11,15H,4-10,12-13,16H2,1-3H3. The predicted molar refractivity (Wildman–Crippen MR) is 85.7 cm³/mol. The van der Waals surface area contributed by atoms with Gasteiger partial charge in [-0.25, -0.2) is 0 Å². The van der Waals surface area contributed by atoms with Gasteiger partial charge in [0.1, 0.15) is 0 Å². The fourth-order valence-corrected chi connectivity index (χ4v) is 2.76. The van der Waals surface area contributed by atoms with Crippen LogP contribution >= 0.6 is 0 Å². The first-order valence-electron chi connectivity index (χ1n) is 8.34. The first-order valence-corrected chi connectivity index (χ1v) is 8.34. The molecule has 19 heavy (non-hydrogen) atoms. The zero-order valence-corrected chi connectivity index (χ0v) is 13.2. The molecule has 0 aliphatic rings. The molecule has 1 aromatic carbocycles. The maximum atomic E-state index is 3.50. The van der Waals surface area contributed by atoms with E-state index in [2.05, 4.69) is 39.0 Å². The van der Waals surface area contributed by atoms with Gasteiger partial charge in [-0.15, -0.1) is 0 Å². The lowest BCUT2D eigenvalue weighted by Gasteiger charge is -2.14. The number of hydrogen-bond donors (Lipinski definition) is 0. The topological polar surface area (TPSA) is 0 Å². The summed E-state index contributed by atoms with van der Waals surface area (Å²) in [6, 6.07) is 7.96. The molecule has 0 N–H and O–H groups in total. The van der Waals surface area contributed by atoms with Crippen molar-refractivity contribution in [2.24, 2.45) is 0 Å². The minimum Gasteiger partial charge on any atom is -0.0654 e. The van der Waals surface area contributed by atoms with Gasteiger partial charge in [-0.3, -0.25) is 0 Å². The Kier molecular flexibility index (Phi) is 8.62. The fraction of sp³-hybridized carbons (Fsp3) is 0.684. The Morgan fingerprint density at radius 1 is 0.789 bits per heavy atom. The van der Waals surface area contributed by atoms with Crippen molar-refractivity contribution in [2.75, 3.05) is 0 Å². The van der Waals surface area contributed by atoms with E-state index in [1.54, 1.807) is 11.1 Å². The molecule has 0 bridgehead atoms. The molecule has 0 saturated heterocycles. The van der Waals surface area contributed by atoms with Crippen LogP contribution in [0.25, 0.3) is 0 Å². The van der Waals surface area contributed by atoms with Crippen molar-refractivity contribution in [2.45, 2.75) is 85.0 Å². The number of aryl methyl sites for hydroxylation is 2. The SMILES string of the molecule is CCCCCc1cc[c]c(CCC)c1CCCCC. The van der Waals surface area contributed by atoms with Gasteiger partial charge >= 0.3 is 0 Å². The first-order chi connectivity index (χ1) is 9.33. The van der Waals surface area contributed by atoms with E-state index < -0.39 is 0 Å². The van der Waals surface area contributed by atoms with Crippen LogP contribution < -0.4 is 0 Å². The van der Waals surface area contributed by atoms with Crippen molar-refractivity contribution in [1.82, 2.24) is 0 Å². The van der Waals surface area contributed by atoms with Crippen LogP contribution in [-0.4, -0.2) is 0 Å². The summed E-state index contributed by atoms with van der Waals surface area (Å²) in [5.41, 5.74) is 4.73. The number of hydrogen-bond acceptors (Lipinski definition) is 0. The van der Waals surface area contributed by atoms with Crippen molar-refractivity contribution < 1.29 is 0 Å². The van der Waals surface area contributed by atoms with Crippen molar-refractivity contribution >= 4 is 0 Å². The van der Waals surface area contributed by atoms with E-state index in [0.717, 1.165) is 0 Å². The highest BCUT2D eigenvalue weighted by molar-refractivity contribution is 5.35. The minimum atomic E-state index is 1.20. The summed E-state index contributed by atoms with van der Waals surface area (Å²) < 4.78 is 0. The van der Waals surface area contributed by atoms with E-state index in [4.69, 9.17) is 0 Å². The van der Waals surface area contributed by atoms with Crippen molar-refractivity contribution in [3.8, 4) is 0 Å². The van der Waals surface area contributed by atoms with E-state index in [1.165, 1.54) is 69.8 Å². The van der Waals surface area contributed by atoms with Crippen LogP contribution in [0.2, 0.25) is 0 Å². The van der Waals surface area contributed by atoms with E-state index in [-0.39, 0.29) is 0 Å². The van der Waals surface area contributed by atoms with Crippen molar-refractivity contribution in [3.05, 3.63) is 34.9 Å². The van der Waals surface area contributed by atoms with Gasteiger partial charge in [-0.2, -0.15) is 0 Å². The van der Waals surface area contributed by atoms with Crippen LogP contribution in [0.15, 0.2) is 12.1 Å². The number of rotatable bonds is 10. The van der Waals surface area contributed by atoms with Gasteiger partial charge in [0.05, 0.1) is 0 Å². The molecule has 0 fully saturated rings. The lowest BCUT2D eigenvalue weighted by Crippen LogP contribution is -2.01. The van der Waals surface area contributed by atoms with Gasteiger partial charge in [0.15, 0.2) is 0 Å². The van der Waals surface area contributed by atoms with Gasteiger partial charge in [0.25, 0.3) is 0 Å². The Hall–Kier alpha value is -0.780. The summed E-state index contributed by atoms with van der Waals surface area (Å²) in [5.74, 6) is 0. The molecule has 0 unspecified atom stereocenters. The van der Waals surface area contributed by atoms with E-state index in [0.29, 0.717) is 0 Å². The van der Waals surface area contributed by atoms with Gasteiger partial charge in [-0.1, -0.05) is 65.0 Å². The Morgan fingerprint density at radius 2 is 1.47 bits per heavy atom. The molecule has 1 aromatic rings. The minimum absolute atomic E-state index is 1.20. The first kappa shape index (κ1) is 16.3. The lowest BCUT2D eigenvalue weighted by molar-refractivity contribution is 0.688. The quantitative estimate of drug-likeness (QED) is 0.459. The van der Waals surface area contributed by atoms with Crippen LogP contribution in [0, 0.1) is 6.07 Å². The van der Waals surface area contributed by atoms with E-state index in [9.17, 15) is 0 Å². The maximum Gasteiger partial charge on any atom is -0.0146 e. The molecular formula is C19H31. The Balaban J connectivity index is 2.77. The zero-order chi connectivity index (χ0) is 13.9. The second-order valence-corrected chi connectivity index (χ2v) is 5.62. The van der Waals surface area contributed by atoms with Crippen molar-refractivity contribution in [3.63, 3.8) is 0 Å². The molecule has 0 heteroatoms. The fourth-order valence-electron chi connectivity index (χ4n) is 2.76. The number of benzene rings is 1. The van der Waals surface area contributed by atoms with Crippen LogP contribution in [0.1, 0.15) is 82.4 Å². The van der Waals surface area contributed by atoms with Gasteiger partial charge in [0.2, 0.25) is 0 Å². The summed E-state index contributed by atoms with van der Waals surface area (Å²) in [6.45, 7) is 6.84. The van der Waals surface area contributed by atoms with Crippen molar-refractivity contribution in [1.29, 1.82) is 0 Å². The molecular weight excluding hydrogens is 228 g/mol. The third kappa shape index (κ3) is 5.80. The smallest absolute Gasteiger partial charge is 0.0146 e. The summed E-state index contributed by atoms with van der Waals surface area (Å²) in [6.07, 6.45) is 13.0. The monoisotopic (exact) mass is 259 g/mol. The summed E-state index contributed by atoms with van der Waals surface area (Å²) in [5, 5.41) is 0. The Labute approximate surface area is 120 Å². The Bertz CT molecular complexity index is 338. The van der Waals surface area contributed by atoms with Crippen LogP contribution in [0.3, 0.4) is 0 Å². The molecule has 0 aliphatic carbocycles. The molecule has 0 aromatic heterocycles. The molecule has 0 nitrogen and oxygen atoms in total. The van der Waals surface area contributed by atoms with Gasteiger partial charge in [-0.05, 0) is 54.9 Å². The van der Waals surface area contributed by atoms with Crippen LogP contribution in [0.4, 0.5) is 0 Å². The molecule has 1 rings (SSSR count). The molecule has 1 radical (unpaired) electrons. The van der Waals surface area contributed by atoms with E-state index in [1.807, 2.05) is 0 Å². The van der Waals surface area contributed by atoms with Crippen LogP contribution in [0.5, 0.6) is 0 Å². The zero-order valence-electron chi connectivity index (χ0n) is 13.2. The Morgan fingerprint density at radius 3 is 2.11 bits per heavy atom. The average molecular weight is 259 g/mol. The summed E-state index contributed by atoms with van der Waals surface area (Å²) in [7, 11) is 0. The van der Waals surface area contributed by atoms with Gasteiger partial charge in [0, 0.05) is 0 Å². The maximum absolute atomic E-state index is 3.50.